The SMILES string of the molecule is CC(=O)c1ccc(OC(=O)c2cc(-c3ccccc3)nc3ccccc23)cc1. The van der Waals surface area contributed by atoms with Crippen LogP contribution in [0.25, 0.3) is 22.2 Å². The van der Waals surface area contributed by atoms with Crippen molar-refractivity contribution in [1.29, 1.82) is 0 Å². The molecule has 0 radical (unpaired) electrons. The van der Waals surface area contributed by atoms with Crippen molar-refractivity contribution in [3.8, 4) is 17.0 Å². The fourth-order valence-electron chi connectivity index (χ4n) is 3.02. The summed E-state index contributed by atoms with van der Waals surface area (Å²) in [5.74, 6) is -0.117. The van der Waals surface area contributed by atoms with Gasteiger partial charge >= 0.3 is 5.97 Å². The van der Waals surface area contributed by atoms with Crippen LogP contribution in [-0.4, -0.2) is 16.7 Å². The van der Waals surface area contributed by atoms with Crippen molar-refractivity contribution in [3.63, 3.8) is 0 Å². The van der Waals surface area contributed by atoms with Crippen LogP contribution in [0.3, 0.4) is 0 Å². The van der Waals surface area contributed by atoms with Gasteiger partial charge in [-0.05, 0) is 43.3 Å². The number of benzene rings is 3. The number of pyridine rings is 1. The van der Waals surface area contributed by atoms with E-state index >= 15 is 0 Å². The third kappa shape index (κ3) is 3.53. The maximum absolute atomic E-state index is 12.9. The van der Waals surface area contributed by atoms with E-state index < -0.39 is 5.97 Å². The first-order valence-corrected chi connectivity index (χ1v) is 8.90. The molecule has 4 aromatic rings. The van der Waals surface area contributed by atoms with Crippen molar-refractivity contribution in [1.82, 2.24) is 4.98 Å². The topological polar surface area (TPSA) is 56.3 Å². The predicted octanol–water partition coefficient (Wildman–Crippen LogP) is 5.32. The number of Topliss-reactive ketones (excluding diaryl/α,β-unsaturated/α-hetero) is 1. The lowest BCUT2D eigenvalue weighted by Crippen LogP contribution is -2.10. The van der Waals surface area contributed by atoms with Gasteiger partial charge in [0, 0.05) is 16.5 Å². The number of hydrogen-bond donors (Lipinski definition) is 0. The number of rotatable bonds is 4. The molecule has 0 fully saturated rings. The molecule has 4 rings (SSSR count). The first kappa shape index (κ1) is 17.6. The molecule has 3 aromatic carbocycles. The second-order valence-electron chi connectivity index (χ2n) is 6.41. The van der Waals surface area contributed by atoms with Crippen molar-refractivity contribution >= 4 is 22.7 Å². The quantitative estimate of drug-likeness (QED) is 0.278. The lowest BCUT2D eigenvalue weighted by molar-refractivity contribution is 0.0736. The van der Waals surface area contributed by atoms with E-state index in [0.29, 0.717) is 22.6 Å². The first-order chi connectivity index (χ1) is 13.6. The number of ether oxygens (including phenoxy) is 1. The second-order valence-corrected chi connectivity index (χ2v) is 6.41. The minimum atomic E-state index is -0.466. The van der Waals surface area contributed by atoms with Crippen LogP contribution in [0.5, 0.6) is 5.75 Å². The Morgan fingerprint density at radius 3 is 2.21 bits per heavy atom. The summed E-state index contributed by atoms with van der Waals surface area (Å²) in [6.45, 7) is 1.50. The van der Waals surface area contributed by atoms with E-state index in [1.807, 2.05) is 54.6 Å². The van der Waals surface area contributed by atoms with Crippen molar-refractivity contribution in [2.24, 2.45) is 0 Å². The molecule has 4 nitrogen and oxygen atoms in total. The smallest absolute Gasteiger partial charge is 0.344 e. The lowest BCUT2D eigenvalue weighted by atomic mass is 10.0. The van der Waals surface area contributed by atoms with E-state index in [4.69, 9.17) is 4.74 Å². The van der Waals surface area contributed by atoms with Crippen molar-refractivity contribution in [2.45, 2.75) is 6.92 Å². The van der Waals surface area contributed by atoms with E-state index in [2.05, 4.69) is 4.98 Å². The number of ketones is 1. The number of aromatic nitrogens is 1. The highest BCUT2D eigenvalue weighted by Gasteiger charge is 2.16. The average molecular weight is 367 g/mol. The van der Waals surface area contributed by atoms with Gasteiger partial charge in [0.25, 0.3) is 0 Å². The molecule has 0 unspecified atom stereocenters. The summed E-state index contributed by atoms with van der Waals surface area (Å²) >= 11 is 0. The van der Waals surface area contributed by atoms with Crippen LogP contribution in [0.4, 0.5) is 0 Å². The number of fused-ring (bicyclic) bond motifs is 1. The molecular formula is C24H17NO3. The molecule has 1 aromatic heterocycles. The summed E-state index contributed by atoms with van der Waals surface area (Å²) in [5, 5.41) is 0.729. The van der Waals surface area contributed by atoms with E-state index in [0.717, 1.165) is 16.5 Å². The Balaban J connectivity index is 1.74. The van der Waals surface area contributed by atoms with Crippen molar-refractivity contribution < 1.29 is 14.3 Å². The van der Waals surface area contributed by atoms with E-state index in [9.17, 15) is 9.59 Å². The number of hydrogen-bond acceptors (Lipinski definition) is 4. The van der Waals surface area contributed by atoms with Crippen LogP contribution in [-0.2, 0) is 0 Å². The van der Waals surface area contributed by atoms with Gasteiger partial charge < -0.3 is 4.74 Å². The normalized spacial score (nSPS) is 10.6. The molecule has 1 heterocycles. The minimum Gasteiger partial charge on any atom is -0.423 e. The molecule has 136 valence electrons. The number of carbonyl (C=O) groups is 2. The largest absolute Gasteiger partial charge is 0.423 e. The molecule has 0 spiro atoms. The zero-order valence-corrected chi connectivity index (χ0v) is 15.3. The van der Waals surface area contributed by atoms with Gasteiger partial charge in [-0.3, -0.25) is 4.79 Å². The molecule has 0 saturated carbocycles. The highest BCUT2D eigenvalue weighted by Crippen LogP contribution is 2.26. The van der Waals surface area contributed by atoms with Crippen LogP contribution in [0.15, 0.2) is 84.9 Å². The molecule has 0 N–H and O–H groups in total. The molecule has 0 aliphatic heterocycles. The number of nitrogens with zero attached hydrogens (tertiary/aromatic N) is 1. The summed E-state index contributed by atoms with van der Waals surface area (Å²) in [6, 6.07) is 25.5. The fourth-order valence-corrected chi connectivity index (χ4v) is 3.02. The van der Waals surface area contributed by atoms with Crippen LogP contribution in [0.2, 0.25) is 0 Å². The summed E-state index contributed by atoms with van der Waals surface area (Å²) in [5.41, 5.74) is 3.37. The fraction of sp³-hybridized carbons (Fsp3) is 0.0417. The summed E-state index contributed by atoms with van der Waals surface area (Å²) in [4.78, 5) is 29.0. The third-order valence-corrected chi connectivity index (χ3v) is 4.48. The van der Waals surface area contributed by atoms with Gasteiger partial charge in [-0.1, -0.05) is 48.5 Å². The second kappa shape index (κ2) is 7.45. The Bertz CT molecular complexity index is 1170. The zero-order valence-electron chi connectivity index (χ0n) is 15.3. The van der Waals surface area contributed by atoms with E-state index in [-0.39, 0.29) is 5.78 Å². The van der Waals surface area contributed by atoms with Crippen LogP contribution in [0, 0.1) is 0 Å². The minimum absolute atomic E-state index is 0.0366. The van der Waals surface area contributed by atoms with Gasteiger partial charge in [0.15, 0.2) is 5.78 Å². The molecule has 0 saturated heterocycles. The lowest BCUT2D eigenvalue weighted by Gasteiger charge is -2.10. The van der Waals surface area contributed by atoms with E-state index in [1.165, 1.54) is 6.92 Å². The van der Waals surface area contributed by atoms with E-state index in [1.54, 1.807) is 30.3 Å². The van der Waals surface area contributed by atoms with Gasteiger partial charge in [-0.2, -0.15) is 0 Å². The Kier molecular flexibility index (Phi) is 4.68. The molecule has 0 aliphatic rings. The van der Waals surface area contributed by atoms with Gasteiger partial charge in [0.2, 0.25) is 0 Å². The summed E-state index contributed by atoms with van der Waals surface area (Å²) < 4.78 is 5.56. The monoisotopic (exact) mass is 367 g/mol. The third-order valence-electron chi connectivity index (χ3n) is 4.48. The predicted molar refractivity (Wildman–Crippen MR) is 109 cm³/mol. The number of para-hydroxylation sites is 1. The molecule has 0 amide bonds. The Labute approximate surface area is 162 Å². The molecule has 0 atom stereocenters. The zero-order chi connectivity index (χ0) is 19.5. The maximum Gasteiger partial charge on any atom is 0.344 e. The highest BCUT2D eigenvalue weighted by atomic mass is 16.5. The van der Waals surface area contributed by atoms with Gasteiger partial charge in [-0.15, -0.1) is 0 Å². The first-order valence-electron chi connectivity index (χ1n) is 8.90. The Morgan fingerprint density at radius 1 is 0.821 bits per heavy atom. The number of carbonyl (C=O) groups excluding carboxylic acids is 2. The van der Waals surface area contributed by atoms with Crippen molar-refractivity contribution in [3.05, 3.63) is 96.1 Å². The molecule has 28 heavy (non-hydrogen) atoms. The van der Waals surface area contributed by atoms with Crippen LogP contribution in [0.1, 0.15) is 27.6 Å². The van der Waals surface area contributed by atoms with Crippen molar-refractivity contribution in [2.75, 3.05) is 0 Å². The maximum atomic E-state index is 12.9. The van der Waals surface area contributed by atoms with Gasteiger partial charge in [0.05, 0.1) is 16.8 Å². The molecule has 4 heteroatoms. The summed E-state index contributed by atoms with van der Waals surface area (Å²) in [6.07, 6.45) is 0. The molecular weight excluding hydrogens is 350 g/mol. The van der Waals surface area contributed by atoms with Crippen LogP contribution >= 0.6 is 0 Å². The Morgan fingerprint density at radius 2 is 1.50 bits per heavy atom. The summed E-state index contributed by atoms with van der Waals surface area (Å²) in [7, 11) is 0. The molecule has 0 aliphatic carbocycles. The van der Waals surface area contributed by atoms with Crippen LogP contribution < -0.4 is 4.74 Å². The van der Waals surface area contributed by atoms with Gasteiger partial charge in [0.1, 0.15) is 5.75 Å². The molecule has 0 bridgehead atoms. The Hall–Kier alpha value is -3.79. The highest BCUT2D eigenvalue weighted by molar-refractivity contribution is 6.05. The number of esters is 1. The standard InChI is InChI=1S/C24H17NO3/c1-16(26)17-11-13-19(14-12-17)28-24(27)21-15-23(18-7-3-2-4-8-18)25-22-10-6-5-9-20(21)22/h2-15H,1H3. The average Bonchev–Trinajstić information content (AvgIpc) is 2.74. The van der Waals surface area contributed by atoms with Gasteiger partial charge in [-0.25, -0.2) is 9.78 Å².